The van der Waals surface area contributed by atoms with Crippen LogP contribution < -0.4 is 4.90 Å². The SMILES string of the molecule is C=CC(=O)N1CCN(c2cnn(C)c2)C(=O)C1. The van der Waals surface area contributed by atoms with E-state index in [1.54, 1.807) is 29.0 Å². The fraction of sp³-hybridized carbons (Fsp3) is 0.364. The van der Waals surface area contributed by atoms with Crippen LogP contribution in [-0.2, 0) is 16.6 Å². The number of anilines is 1. The molecule has 2 heterocycles. The standard InChI is InChI=1S/C11H14N4O2/c1-3-10(16)14-4-5-15(11(17)8-14)9-6-12-13(2)7-9/h3,6-7H,1,4-5,8H2,2H3. The number of nitrogens with zero attached hydrogens (tertiary/aromatic N) is 4. The highest BCUT2D eigenvalue weighted by Crippen LogP contribution is 2.15. The van der Waals surface area contributed by atoms with Crippen LogP contribution in [0.15, 0.2) is 25.0 Å². The lowest BCUT2D eigenvalue weighted by Gasteiger charge is -2.32. The zero-order chi connectivity index (χ0) is 12.4. The van der Waals surface area contributed by atoms with Crippen LogP contribution in [-0.4, -0.2) is 46.1 Å². The van der Waals surface area contributed by atoms with E-state index in [9.17, 15) is 9.59 Å². The van der Waals surface area contributed by atoms with Gasteiger partial charge in [0, 0.05) is 26.3 Å². The van der Waals surface area contributed by atoms with Crippen LogP contribution in [0.4, 0.5) is 5.69 Å². The molecule has 1 aliphatic rings. The average Bonchev–Trinajstić information content (AvgIpc) is 2.74. The van der Waals surface area contributed by atoms with Crippen molar-refractivity contribution in [3.63, 3.8) is 0 Å². The molecule has 0 aliphatic carbocycles. The molecular weight excluding hydrogens is 220 g/mol. The van der Waals surface area contributed by atoms with Gasteiger partial charge in [0.25, 0.3) is 0 Å². The molecule has 2 amide bonds. The summed E-state index contributed by atoms with van der Waals surface area (Å²) in [4.78, 5) is 26.4. The minimum Gasteiger partial charge on any atom is -0.328 e. The van der Waals surface area contributed by atoms with Crippen LogP contribution in [0.1, 0.15) is 0 Å². The maximum Gasteiger partial charge on any atom is 0.246 e. The van der Waals surface area contributed by atoms with Crippen LogP contribution in [0.3, 0.4) is 0 Å². The van der Waals surface area contributed by atoms with E-state index < -0.39 is 0 Å². The normalized spacial score (nSPS) is 16.2. The van der Waals surface area contributed by atoms with Gasteiger partial charge in [0.2, 0.25) is 11.8 Å². The molecule has 2 rings (SSSR count). The van der Waals surface area contributed by atoms with Gasteiger partial charge < -0.3 is 9.80 Å². The third-order valence-corrected chi connectivity index (χ3v) is 2.71. The molecule has 6 heteroatoms. The zero-order valence-electron chi connectivity index (χ0n) is 9.67. The number of carbonyl (C=O) groups excluding carboxylic acids is 2. The van der Waals surface area contributed by atoms with E-state index >= 15 is 0 Å². The van der Waals surface area contributed by atoms with Crippen LogP contribution in [0.2, 0.25) is 0 Å². The molecule has 1 aromatic heterocycles. The summed E-state index contributed by atoms with van der Waals surface area (Å²) in [5.74, 6) is -0.302. The maximum atomic E-state index is 11.9. The largest absolute Gasteiger partial charge is 0.328 e. The first-order valence-corrected chi connectivity index (χ1v) is 5.32. The van der Waals surface area contributed by atoms with Gasteiger partial charge in [0.05, 0.1) is 11.9 Å². The monoisotopic (exact) mass is 234 g/mol. The van der Waals surface area contributed by atoms with Gasteiger partial charge in [-0.3, -0.25) is 14.3 Å². The summed E-state index contributed by atoms with van der Waals surface area (Å²) in [6.45, 7) is 4.52. The second-order valence-electron chi connectivity index (χ2n) is 3.88. The highest BCUT2D eigenvalue weighted by Gasteiger charge is 2.27. The van der Waals surface area contributed by atoms with Crippen LogP contribution in [0.5, 0.6) is 0 Å². The van der Waals surface area contributed by atoms with E-state index in [0.29, 0.717) is 13.1 Å². The fourth-order valence-corrected chi connectivity index (χ4v) is 1.81. The molecule has 0 N–H and O–H groups in total. The third kappa shape index (κ3) is 2.20. The van der Waals surface area contributed by atoms with Gasteiger partial charge in [-0.1, -0.05) is 6.58 Å². The fourth-order valence-electron chi connectivity index (χ4n) is 1.81. The molecule has 0 bridgehead atoms. The molecule has 0 atom stereocenters. The van der Waals surface area contributed by atoms with Gasteiger partial charge in [0.15, 0.2) is 0 Å². The van der Waals surface area contributed by atoms with Crippen molar-refractivity contribution in [1.29, 1.82) is 0 Å². The molecule has 1 aliphatic heterocycles. The Morgan fingerprint density at radius 1 is 1.53 bits per heavy atom. The Kier molecular flexibility index (Phi) is 2.95. The molecule has 17 heavy (non-hydrogen) atoms. The molecular formula is C11H14N4O2. The van der Waals surface area contributed by atoms with E-state index in [2.05, 4.69) is 11.7 Å². The first kappa shape index (κ1) is 11.4. The zero-order valence-corrected chi connectivity index (χ0v) is 9.67. The quantitative estimate of drug-likeness (QED) is 0.665. The van der Waals surface area contributed by atoms with Crippen LogP contribution >= 0.6 is 0 Å². The third-order valence-electron chi connectivity index (χ3n) is 2.71. The molecule has 1 fully saturated rings. The molecule has 0 spiro atoms. The highest BCUT2D eigenvalue weighted by atomic mass is 16.2. The van der Waals surface area contributed by atoms with Crippen molar-refractivity contribution < 1.29 is 9.59 Å². The summed E-state index contributed by atoms with van der Waals surface area (Å²) in [6, 6.07) is 0. The van der Waals surface area contributed by atoms with Crippen molar-refractivity contribution in [1.82, 2.24) is 14.7 Å². The summed E-state index contributed by atoms with van der Waals surface area (Å²) in [5, 5.41) is 4.02. The van der Waals surface area contributed by atoms with Crippen molar-refractivity contribution in [3.05, 3.63) is 25.0 Å². The Hall–Kier alpha value is -2.11. The molecule has 90 valence electrons. The van der Waals surface area contributed by atoms with E-state index in [-0.39, 0.29) is 18.4 Å². The second-order valence-corrected chi connectivity index (χ2v) is 3.88. The predicted molar refractivity (Wildman–Crippen MR) is 62.3 cm³/mol. The first-order chi connectivity index (χ1) is 8.11. The number of aryl methyl sites for hydroxylation is 1. The number of hydrogen-bond acceptors (Lipinski definition) is 3. The number of piperazine rings is 1. The molecule has 6 nitrogen and oxygen atoms in total. The Morgan fingerprint density at radius 2 is 2.29 bits per heavy atom. The van der Waals surface area contributed by atoms with Crippen LogP contribution in [0, 0.1) is 0 Å². The Labute approximate surface area is 99.1 Å². The van der Waals surface area contributed by atoms with Crippen molar-refractivity contribution in [2.45, 2.75) is 0 Å². The summed E-state index contributed by atoms with van der Waals surface area (Å²) in [6.07, 6.45) is 4.65. The lowest BCUT2D eigenvalue weighted by atomic mass is 10.3. The minimum absolute atomic E-state index is 0.0970. The Bertz CT molecular complexity index is 466. The van der Waals surface area contributed by atoms with Crippen molar-refractivity contribution >= 4 is 17.5 Å². The summed E-state index contributed by atoms with van der Waals surface area (Å²) in [5.41, 5.74) is 0.767. The molecule has 1 saturated heterocycles. The van der Waals surface area contributed by atoms with Gasteiger partial charge in [-0.2, -0.15) is 5.10 Å². The summed E-state index contributed by atoms with van der Waals surface area (Å²) < 4.78 is 1.64. The van der Waals surface area contributed by atoms with Crippen LogP contribution in [0.25, 0.3) is 0 Å². The van der Waals surface area contributed by atoms with E-state index in [4.69, 9.17) is 0 Å². The number of hydrogen-bond donors (Lipinski definition) is 0. The number of aromatic nitrogens is 2. The number of carbonyl (C=O) groups is 2. The second kappa shape index (κ2) is 4.40. The van der Waals surface area contributed by atoms with Gasteiger partial charge in [-0.05, 0) is 6.08 Å². The number of rotatable bonds is 2. The molecule has 0 unspecified atom stereocenters. The van der Waals surface area contributed by atoms with E-state index in [1.165, 1.54) is 11.0 Å². The molecule has 0 saturated carbocycles. The van der Waals surface area contributed by atoms with Gasteiger partial charge in [-0.15, -0.1) is 0 Å². The van der Waals surface area contributed by atoms with E-state index in [1.807, 2.05) is 0 Å². The van der Waals surface area contributed by atoms with E-state index in [0.717, 1.165) is 5.69 Å². The average molecular weight is 234 g/mol. The molecule has 0 radical (unpaired) electrons. The lowest BCUT2D eigenvalue weighted by Crippen LogP contribution is -2.52. The molecule has 1 aromatic rings. The molecule has 0 aromatic carbocycles. The van der Waals surface area contributed by atoms with Crippen molar-refractivity contribution in [2.75, 3.05) is 24.5 Å². The van der Waals surface area contributed by atoms with Crippen molar-refractivity contribution in [2.24, 2.45) is 7.05 Å². The topological polar surface area (TPSA) is 58.4 Å². The summed E-state index contributed by atoms with van der Waals surface area (Å²) in [7, 11) is 1.80. The predicted octanol–water partition coefficient (Wildman–Crippen LogP) is -0.219. The lowest BCUT2D eigenvalue weighted by molar-refractivity contribution is -0.133. The first-order valence-electron chi connectivity index (χ1n) is 5.32. The number of amides is 2. The Balaban J connectivity index is 2.08. The van der Waals surface area contributed by atoms with Gasteiger partial charge in [-0.25, -0.2) is 0 Å². The maximum absolute atomic E-state index is 11.9. The minimum atomic E-state index is -0.204. The van der Waals surface area contributed by atoms with Gasteiger partial charge >= 0.3 is 0 Å². The summed E-state index contributed by atoms with van der Waals surface area (Å²) >= 11 is 0. The smallest absolute Gasteiger partial charge is 0.246 e. The van der Waals surface area contributed by atoms with Gasteiger partial charge in [0.1, 0.15) is 6.54 Å². The Morgan fingerprint density at radius 3 is 2.82 bits per heavy atom. The highest BCUT2D eigenvalue weighted by molar-refractivity contribution is 5.99. The van der Waals surface area contributed by atoms with Crippen molar-refractivity contribution in [3.8, 4) is 0 Å².